The number of nitrogens with one attached hydrogen (secondary N) is 1. The molecule has 2 aliphatic carbocycles. The molecule has 23 heavy (non-hydrogen) atoms. The number of carbonyl (C=O) groups excluding carboxylic acids is 2. The highest BCUT2D eigenvalue weighted by molar-refractivity contribution is 6.03. The second kappa shape index (κ2) is 5.55. The Bertz CT molecular complexity index is 625. The fourth-order valence-electron chi connectivity index (χ4n) is 3.43. The second-order valence-corrected chi connectivity index (χ2v) is 6.92. The fraction of sp³-hybridized carbons (Fsp3) is 0.556. The highest BCUT2D eigenvalue weighted by atomic mass is 16.5. The van der Waals surface area contributed by atoms with Gasteiger partial charge in [0.25, 0.3) is 5.91 Å². The lowest BCUT2D eigenvalue weighted by molar-refractivity contribution is -0.128. The molecule has 0 aromatic heterocycles. The van der Waals surface area contributed by atoms with Gasteiger partial charge in [-0.05, 0) is 56.6 Å². The number of amides is 2. The third-order valence-electron chi connectivity index (χ3n) is 4.96. The number of nitrogens with zero attached hydrogens (tertiary/aromatic N) is 1. The Morgan fingerprint density at radius 3 is 2.57 bits per heavy atom. The first kappa shape index (κ1) is 14.5. The summed E-state index contributed by atoms with van der Waals surface area (Å²) < 4.78 is 5.61. The summed E-state index contributed by atoms with van der Waals surface area (Å²) in [4.78, 5) is 26.5. The van der Waals surface area contributed by atoms with Crippen LogP contribution >= 0.6 is 0 Å². The van der Waals surface area contributed by atoms with Gasteiger partial charge < -0.3 is 10.1 Å². The average Bonchev–Trinajstić information content (AvgIpc) is 3.42. The zero-order valence-corrected chi connectivity index (χ0v) is 13.3. The average molecular weight is 314 g/mol. The summed E-state index contributed by atoms with van der Waals surface area (Å²) in [6.45, 7) is 1.79. The number of ether oxygens (including phenoxy) is 1. The van der Waals surface area contributed by atoms with Crippen LogP contribution in [-0.4, -0.2) is 30.5 Å². The molecule has 122 valence electrons. The van der Waals surface area contributed by atoms with E-state index in [4.69, 9.17) is 4.74 Å². The van der Waals surface area contributed by atoms with Crippen LogP contribution in [0.2, 0.25) is 0 Å². The van der Waals surface area contributed by atoms with Gasteiger partial charge >= 0.3 is 0 Å². The van der Waals surface area contributed by atoms with Crippen LogP contribution in [0.3, 0.4) is 0 Å². The number of para-hydroxylation sites is 2. The number of carbonyl (C=O) groups is 2. The van der Waals surface area contributed by atoms with Gasteiger partial charge in [0.15, 0.2) is 6.10 Å². The summed E-state index contributed by atoms with van der Waals surface area (Å²) in [7, 11) is 0. The topological polar surface area (TPSA) is 58.6 Å². The molecule has 5 nitrogen and oxygen atoms in total. The number of rotatable bonds is 5. The summed E-state index contributed by atoms with van der Waals surface area (Å²) in [6.07, 6.45) is 4.32. The smallest absolute Gasteiger partial charge is 0.268 e. The van der Waals surface area contributed by atoms with Crippen molar-refractivity contribution in [2.45, 2.75) is 44.8 Å². The van der Waals surface area contributed by atoms with E-state index < -0.39 is 6.10 Å². The molecule has 2 amide bonds. The van der Waals surface area contributed by atoms with Crippen LogP contribution in [-0.2, 0) is 9.59 Å². The lowest BCUT2D eigenvalue weighted by Crippen LogP contribution is -2.50. The van der Waals surface area contributed by atoms with Gasteiger partial charge in [-0.1, -0.05) is 12.1 Å². The van der Waals surface area contributed by atoms with E-state index in [9.17, 15) is 9.59 Å². The highest BCUT2D eigenvalue weighted by Crippen LogP contribution is 2.44. The summed E-state index contributed by atoms with van der Waals surface area (Å²) in [5.41, 5.74) is 0.681. The molecule has 0 spiro atoms. The minimum atomic E-state index is -0.555. The molecular formula is C18H22N2O3. The van der Waals surface area contributed by atoms with E-state index in [-0.39, 0.29) is 18.4 Å². The van der Waals surface area contributed by atoms with Gasteiger partial charge in [-0.2, -0.15) is 0 Å². The Morgan fingerprint density at radius 2 is 1.91 bits per heavy atom. The zero-order chi connectivity index (χ0) is 16.0. The standard InChI is InChI=1S/C18H22N2O3/c1-11-18(22)20(14-4-2-3-5-15(14)23-11)10-16(21)19-17(12-6-7-12)13-8-9-13/h2-5,11-13,17H,6-10H2,1H3,(H,19,21). The Hall–Kier alpha value is -2.04. The molecule has 2 fully saturated rings. The monoisotopic (exact) mass is 314 g/mol. The molecular weight excluding hydrogens is 292 g/mol. The van der Waals surface area contributed by atoms with Crippen molar-refractivity contribution in [3.63, 3.8) is 0 Å². The number of anilines is 1. The molecule has 1 atom stereocenters. The Morgan fingerprint density at radius 1 is 1.26 bits per heavy atom. The predicted molar refractivity (Wildman–Crippen MR) is 86.3 cm³/mol. The van der Waals surface area contributed by atoms with Crippen molar-refractivity contribution in [3.05, 3.63) is 24.3 Å². The SMILES string of the molecule is CC1Oc2ccccc2N(CC(=O)NC(C2CC2)C2CC2)C1=O. The first-order chi connectivity index (χ1) is 11.1. The van der Waals surface area contributed by atoms with Crippen LogP contribution < -0.4 is 15.0 Å². The van der Waals surface area contributed by atoms with Crippen molar-refractivity contribution in [2.24, 2.45) is 11.8 Å². The first-order valence-electron chi connectivity index (χ1n) is 8.50. The van der Waals surface area contributed by atoms with Crippen LogP contribution in [0.4, 0.5) is 5.69 Å². The number of benzene rings is 1. The summed E-state index contributed by atoms with van der Waals surface area (Å²) in [6, 6.07) is 7.70. The molecule has 0 bridgehead atoms. The van der Waals surface area contributed by atoms with Gasteiger partial charge in [0.1, 0.15) is 12.3 Å². The lowest BCUT2D eigenvalue weighted by atomic mass is 10.1. The Balaban J connectivity index is 1.48. The van der Waals surface area contributed by atoms with E-state index >= 15 is 0 Å². The fourth-order valence-corrected chi connectivity index (χ4v) is 3.43. The summed E-state index contributed by atoms with van der Waals surface area (Å²) in [5, 5.41) is 3.18. The van der Waals surface area contributed by atoms with Gasteiger partial charge in [0.2, 0.25) is 5.91 Å². The second-order valence-electron chi connectivity index (χ2n) is 6.92. The van der Waals surface area contributed by atoms with Crippen LogP contribution in [0.25, 0.3) is 0 Å². The quantitative estimate of drug-likeness (QED) is 0.905. The molecule has 1 heterocycles. The number of fused-ring (bicyclic) bond motifs is 1. The van der Waals surface area contributed by atoms with E-state index in [0.717, 1.165) is 0 Å². The molecule has 4 rings (SSSR count). The van der Waals surface area contributed by atoms with E-state index in [2.05, 4.69) is 5.32 Å². The number of hydrogen-bond donors (Lipinski definition) is 1. The van der Waals surface area contributed by atoms with Crippen molar-refractivity contribution >= 4 is 17.5 Å². The maximum Gasteiger partial charge on any atom is 0.268 e. The Kier molecular flexibility index (Phi) is 3.51. The first-order valence-corrected chi connectivity index (χ1v) is 8.50. The molecule has 1 aliphatic heterocycles. The van der Waals surface area contributed by atoms with Crippen molar-refractivity contribution in [3.8, 4) is 5.75 Å². The minimum absolute atomic E-state index is 0.0638. The molecule has 1 aromatic rings. The largest absolute Gasteiger partial charge is 0.479 e. The maximum atomic E-state index is 12.5. The van der Waals surface area contributed by atoms with Gasteiger partial charge in [0, 0.05) is 6.04 Å². The molecule has 5 heteroatoms. The Labute approximate surface area is 136 Å². The minimum Gasteiger partial charge on any atom is -0.479 e. The molecule has 1 unspecified atom stereocenters. The molecule has 1 aromatic carbocycles. The summed E-state index contributed by atoms with van der Waals surface area (Å²) in [5.74, 6) is 1.74. The van der Waals surface area contributed by atoms with Crippen LogP contribution in [0.1, 0.15) is 32.6 Å². The van der Waals surface area contributed by atoms with Crippen molar-refractivity contribution in [2.75, 3.05) is 11.4 Å². The number of hydrogen-bond acceptors (Lipinski definition) is 3. The normalized spacial score (nSPS) is 23.5. The van der Waals surface area contributed by atoms with Gasteiger partial charge in [-0.3, -0.25) is 14.5 Å². The van der Waals surface area contributed by atoms with Crippen LogP contribution in [0.5, 0.6) is 5.75 Å². The van der Waals surface area contributed by atoms with Gasteiger partial charge in [0.05, 0.1) is 5.69 Å². The molecule has 0 saturated heterocycles. The third kappa shape index (κ3) is 2.92. The predicted octanol–water partition coefficient (Wildman–Crippen LogP) is 2.11. The highest BCUT2D eigenvalue weighted by Gasteiger charge is 2.42. The molecule has 2 saturated carbocycles. The molecule has 3 aliphatic rings. The van der Waals surface area contributed by atoms with E-state index in [0.29, 0.717) is 29.3 Å². The van der Waals surface area contributed by atoms with Crippen molar-refractivity contribution < 1.29 is 14.3 Å². The molecule has 0 radical (unpaired) electrons. The zero-order valence-electron chi connectivity index (χ0n) is 13.3. The molecule has 1 N–H and O–H groups in total. The third-order valence-corrected chi connectivity index (χ3v) is 4.96. The van der Waals surface area contributed by atoms with Gasteiger partial charge in [-0.15, -0.1) is 0 Å². The van der Waals surface area contributed by atoms with Crippen LogP contribution in [0.15, 0.2) is 24.3 Å². The van der Waals surface area contributed by atoms with Crippen molar-refractivity contribution in [1.82, 2.24) is 5.32 Å². The van der Waals surface area contributed by atoms with Crippen molar-refractivity contribution in [1.29, 1.82) is 0 Å². The van der Waals surface area contributed by atoms with E-state index in [1.165, 1.54) is 25.7 Å². The van der Waals surface area contributed by atoms with E-state index in [1.807, 2.05) is 24.3 Å². The summed E-state index contributed by atoms with van der Waals surface area (Å²) >= 11 is 0. The van der Waals surface area contributed by atoms with Gasteiger partial charge in [-0.25, -0.2) is 0 Å². The maximum absolute atomic E-state index is 12.5. The van der Waals surface area contributed by atoms with Crippen LogP contribution in [0, 0.1) is 11.8 Å². The lowest BCUT2D eigenvalue weighted by Gasteiger charge is -2.33. The van der Waals surface area contributed by atoms with E-state index in [1.54, 1.807) is 11.8 Å².